The maximum absolute atomic E-state index is 13.1. The zero-order valence-corrected chi connectivity index (χ0v) is 22.8. The number of benzene rings is 1. The smallest absolute Gasteiger partial charge is 0.317 e. The normalized spacial score (nSPS) is 22.9. The third-order valence-electron chi connectivity index (χ3n) is 7.88. The van der Waals surface area contributed by atoms with E-state index < -0.39 is 0 Å². The molecule has 208 valence electrons. The highest BCUT2D eigenvalue weighted by atomic mass is 16.5. The molecule has 10 nitrogen and oxygen atoms in total. The number of aromatic nitrogens is 2. The van der Waals surface area contributed by atoms with Crippen LogP contribution in [0, 0.1) is 11.8 Å². The third kappa shape index (κ3) is 5.94. The van der Waals surface area contributed by atoms with Gasteiger partial charge in [0, 0.05) is 31.0 Å². The van der Waals surface area contributed by atoms with Gasteiger partial charge in [-0.2, -0.15) is 4.98 Å². The molecule has 1 aromatic heterocycles. The first-order valence-electron chi connectivity index (χ1n) is 13.7. The lowest BCUT2D eigenvalue weighted by Gasteiger charge is -2.33. The van der Waals surface area contributed by atoms with Gasteiger partial charge in [-0.25, -0.2) is 4.79 Å². The van der Waals surface area contributed by atoms with E-state index in [0.717, 1.165) is 31.2 Å². The molecule has 1 saturated heterocycles. The van der Waals surface area contributed by atoms with Crippen LogP contribution in [-0.4, -0.2) is 59.4 Å². The third-order valence-corrected chi connectivity index (χ3v) is 7.88. The number of likely N-dealkylation sites (tertiary alicyclic amines) is 1. The highest BCUT2D eigenvalue weighted by molar-refractivity contribution is 5.75. The first-order chi connectivity index (χ1) is 18.8. The van der Waals surface area contributed by atoms with Crippen molar-refractivity contribution in [3.63, 3.8) is 0 Å². The van der Waals surface area contributed by atoms with Crippen LogP contribution in [0.2, 0.25) is 0 Å². The van der Waals surface area contributed by atoms with Crippen LogP contribution in [0.25, 0.3) is 11.5 Å². The molecule has 1 saturated carbocycles. The lowest BCUT2D eigenvalue weighted by atomic mass is 9.83. The van der Waals surface area contributed by atoms with E-state index in [0.29, 0.717) is 42.7 Å². The van der Waals surface area contributed by atoms with E-state index in [4.69, 9.17) is 24.7 Å². The summed E-state index contributed by atoms with van der Waals surface area (Å²) in [5.74, 6) is 1.92. The van der Waals surface area contributed by atoms with Crippen molar-refractivity contribution in [3.05, 3.63) is 47.8 Å². The van der Waals surface area contributed by atoms with E-state index in [1.165, 1.54) is 12.7 Å². The van der Waals surface area contributed by atoms with Crippen molar-refractivity contribution < 1.29 is 23.6 Å². The van der Waals surface area contributed by atoms with Crippen LogP contribution in [0.4, 0.5) is 10.5 Å². The Kier molecular flexibility index (Phi) is 7.90. The molecule has 2 heterocycles. The summed E-state index contributed by atoms with van der Waals surface area (Å²) in [5, 5.41) is 7.55. The molecule has 3 atom stereocenters. The second kappa shape index (κ2) is 11.5. The topological polar surface area (TPSA) is 133 Å². The van der Waals surface area contributed by atoms with Crippen LogP contribution < -0.4 is 15.8 Å². The molecule has 39 heavy (non-hydrogen) atoms. The maximum atomic E-state index is 13.1. The van der Waals surface area contributed by atoms with E-state index in [2.05, 4.69) is 22.6 Å². The first-order valence-corrected chi connectivity index (χ1v) is 13.7. The van der Waals surface area contributed by atoms with Gasteiger partial charge in [0.05, 0.1) is 24.9 Å². The van der Waals surface area contributed by atoms with Crippen LogP contribution in [0.1, 0.15) is 57.7 Å². The number of nitrogen functional groups attached to an aromatic ring is 1. The van der Waals surface area contributed by atoms with Crippen molar-refractivity contribution >= 4 is 17.7 Å². The molecule has 0 bridgehead atoms. The minimum absolute atomic E-state index is 0.0255. The fraction of sp³-hybridized carbons (Fsp3) is 0.517. The quantitative estimate of drug-likeness (QED) is 0.393. The first kappa shape index (κ1) is 26.8. The molecule has 2 aromatic rings. The van der Waals surface area contributed by atoms with Gasteiger partial charge in [-0.15, -0.1) is 0 Å². The summed E-state index contributed by atoms with van der Waals surface area (Å²) < 4.78 is 16.1. The number of urea groups is 1. The summed E-state index contributed by atoms with van der Waals surface area (Å²) >= 11 is 0. The highest BCUT2D eigenvalue weighted by Gasteiger charge is 2.39. The molecule has 0 spiro atoms. The number of hydrogen-bond donors (Lipinski definition) is 2. The van der Waals surface area contributed by atoms with Crippen LogP contribution in [0.5, 0.6) is 5.75 Å². The van der Waals surface area contributed by atoms with Gasteiger partial charge in [0.1, 0.15) is 5.75 Å². The summed E-state index contributed by atoms with van der Waals surface area (Å²) in [7, 11) is 1.41. The molecule has 3 aliphatic rings. The van der Waals surface area contributed by atoms with Gasteiger partial charge in [-0.3, -0.25) is 4.79 Å². The standard InChI is InChI=1S/C29H37N5O5/c1-17(2)38-25-10-7-19(16-23(25)30)28-32-27(33-39-28)22-6-4-5-21-20(22)8-9-24(21)31-29(36)34-13-11-18(12-14-34)15-26(35)37-3/h4-7,10,16-18,20,22,24H,8-9,11-15,30H2,1-3H3,(H,31,36)/t20?,22?,24-/m0/s1. The average Bonchev–Trinajstić information content (AvgIpc) is 3.58. The predicted octanol–water partition coefficient (Wildman–Crippen LogP) is 4.45. The van der Waals surface area contributed by atoms with Crippen LogP contribution in [0.3, 0.4) is 0 Å². The monoisotopic (exact) mass is 535 g/mol. The summed E-state index contributed by atoms with van der Waals surface area (Å²) in [4.78, 5) is 31.2. The molecule has 0 radical (unpaired) electrons. The van der Waals surface area contributed by atoms with Gasteiger partial charge in [0.15, 0.2) is 5.82 Å². The molecule has 1 aromatic carbocycles. The summed E-state index contributed by atoms with van der Waals surface area (Å²) in [6.07, 6.45) is 10.1. The zero-order chi connectivity index (χ0) is 27.5. The SMILES string of the molecule is COC(=O)CC1CCN(C(=O)N[C@H]2CCC3C2=CC=CC3c2noc(-c3ccc(OC(C)C)c(N)c3)n2)CC1. The lowest BCUT2D eigenvalue weighted by Crippen LogP contribution is -2.48. The Bertz CT molecular complexity index is 1260. The number of ether oxygens (including phenoxy) is 2. The summed E-state index contributed by atoms with van der Waals surface area (Å²) in [6.45, 7) is 5.20. The molecule has 2 amide bonds. The fourth-order valence-corrected chi connectivity index (χ4v) is 5.84. The molecular weight excluding hydrogens is 498 g/mol. The Labute approximate surface area is 228 Å². The molecule has 5 rings (SSSR count). The number of nitrogens with one attached hydrogen (secondary N) is 1. The number of nitrogens with two attached hydrogens (primary N) is 1. The Balaban J connectivity index is 1.20. The van der Waals surface area contributed by atoms with E-state index in [9.17, 15) is 9.59 Å². The minimum Gasteiger partial charge on any atom is -0.489 e. The molecule has 1 aliphatic heterocycles. The van der Waals surface area contributed by atoms with Gasteiger partial charge in [-0.05, 0) is 75.1 Å². The van der Waals surface area contributed by atoms with Gasteiger partial charge in [0.25, 0.3) is 5.89 Å². The number of methoxy groups -OCH3 is 1. The summed E-state index contributed by atoms with van der Waals surface area (Å²) in [6, 6.07) is 5.40. The van der Waals surface area contributed by atoms with Crippen molar-refractivity contribution in [1.82, 2.24) is 20.4 Å². The highest BCUT2D eigenvalue weighted by Crippen LogP contribution is 2.44. The van der Waals surface area contributed by atoms with Crippen molar-refractivity contribution in [2.75, 3.05) is 25.9 Å². The van der Waals surface area contributed by atoms with Crippen molar-refractivity contribution in [2.24, 2.45) is 11.8 Å². The van der Waals surface area contributed by atoms with Gasteiger partial charge >= 0.3 is 12.0 Å². The number of carbonyl (C=O) groups is 2. The molecule has 3 N–H and O–H groups in total. The number of esters is 1. The number of rotatable bonds is 7. The van der Waals surface area contributed by atoms with Gasteiger partial charge in [0.2, 0.25) is 0 Å². The van der Waals surface area contributed by atoms with Crippen LogP contribution in [0.15, 0.2) is 46.5 Å². The number of amides is 2. The lowest BCUT2D eigenvalue weighted by molar-refractivity contribution is -0.142. The maximum Gasteiger partial charge on any atom is 0.317 e. The van der Waals surface area contributed by atoms with Crippen LogP contribution >= 0.6 is 0 Å². The Morgan fingerprint density at radius 3 is 2.72 bits per heavy atom. The summed E-state index contributed by atoms with van der Waals surface area (Å²) in [5.41, 5.74) is 8.63. The van der Waals surface area contributed by atoms with E-state index >= 15 is 0 Å². The number of nitrogens with zero attached hydrogens (tertiary/aromatic N) is 3. The number of fused-ring (bicyclic) bond motifs is 1. The number of hydrogen-bond acceptors (Lipinski definition) is 8. The Morgan fingerprint density at radius 2 is 2.00 bits per heavy atom. The van der Waals surface area contributed by atoms with E-state index in [1.54, 1.807) is 6.07 Å². The molecular formula is C29H37N5O5. The molecule has 2 fully saturated rings. The predicted molar refractivity (Wildman–Crippen MR) is 146 cm³/mol. The van der Waals surface area contributed by atoms with Crippen molar-refractivity contribution in [2.45, 2.75) is 64.0 Å². The molecule has 2 aliphatic carbocycles. The Hall–Kier alpha value is -3.82. The van der Waals surface area contributed by atoms with Crippen molar-refractivity contribution in [3.8, 4) is 17.2 Å². The average molecular weight is 536 g/mol. The number of anilines is 1. The number of carbonyl (C=O) groups excluding carboxylic acids is 2. The van der Waals surface area contributed by atoms with Crippen molar-refractivity contribution in [1.29, 1.82) is 0 Å². The van der Waals surface area contributed by atoms with E-state index in [1.807, 2.05) is 37.0 Å². The van der Waals surface area contributed by atoms with Gasteiger partial charge in [-0.1, -0.05) is 23.4 Å². The van der Waals surface area contributed by atoms with E-state index in [-0.39, 0.29) is 41.9 Å². The molecule has 2 unspecified atom stereocenters. The second-order valence-electron chi connectivity index (χ2n) is 10.9. The number of allylic oxidation sites excluding steroid dienone is 3. The fourth-order valence-electron chi connectivity index (χ4n) is 5.84. The molecule has 10 heteroatoms. The van der Waals surface area contributed by atoms with Gasteiger partial charge < -0.3 is 29.9 Å². The minimum atomic E-state index is -0.186. The largest absolute Gasteiger partial charge is 0.489 e. The zero-order valence-electron chi connectivity index (χ0n) is 22.8. The van der Waals surface area contributed by atoms with Crippen LogP contribution in [-0.2, 0) is 9.53 Å². The number of piperidine rings is 1. The Morgan fingerprint density at radius 1 is 1.21 bits per heavy atom. The second-order valence-corrected chi connectivity index (χ2v) is 10.9.